The fourth-order valence-corrected chi connectivity index (χ4v) is 6.25. The number of halogens is 3. The van der Waals surface area contributed by atoms with Gasteiger partial charge >= 0.3 is 0 Å². The third-order valence-electron chi connectivity index (χ3n) is 6.80. The molecule has 3 rings (SSSR count). The molecule has 0 aliphatic rings. The van der Waals surface area contributed by atoms with Gasteiger partial charge in [0.15, 0.2) is 0 Å². The van der Waals surface area contributed by atoms with E-state index >= 15 is 0 Å². The van der Waals surface area contributed by atoms with Gasteiger partial charge in [-0.3, -0.25) is 13.9 Å². The Kier molecular flexibility index (Phi) is 11.5. The fraction of sp³-hybridized carbons (Fsp3) is 0.333. The van der Waals surface area contributed by atoms with Gasteiger partial charge < -0.3 is 10.2 Å². The normalized spacial score (nSPS) is 12.9. The van der Waals surface area contributed by atoms with Crippen LogP contribution < -0.4 is 9.62 Å². The summed E-state index contributed by atoms with van der Waals surface area (Å²) in [5.74, 6) is -0.922. The van der Waals surface area contributed by atoms with E-state index in [1.165, 1.54) is 23.1 Å². The molecule has 2 atom stereocenters. The van der Waals surface area contributed by atoms with E-state index in [1.54, 1.807) is 62.4 Å². The molecule has 0 spiro atoms. The molecular formula is C30H34Cl3N3O4S. The monoisotopic (exact) mass is 637 g/mol. The molecule has 0 bridgehead atoms. The predicted molar refractivity (Wildman–Crippen MR) is 166 cm³/mol. The highest BCUT2D eigenvalue weighted by atomic mass is 35.5. The summed E-state index contributed by atoms with van der Waals surface area (Å²) in [6, 6.07) is 16.5. The number of amides is 2. The van der Waals surface area contributed by atoms with E-state index in [0.717, 1.165) is 9.87 Å². The molecule has 0 unspecified atom stereocenters. The van der Waals surface area contributed by atoms with E-state index in [-0.39, 0.29) is 29.1 Å². The molecule has 41 heavy (non-hydrogen) atoms. The van der Waals surface area contributed by atoms with Crippen LogP contribution in [0.25, 0.3) is 0 Å². The molecule has 3 aromatic rings. The van der Waals surface area contributed by atoms with Crippen molar-refractivity contribution in [1.82, 2.24) is 10.2 Å². The highest BCUT2D eigenvalue weighted by Crippen LogP contribution is 2.29. The minimum Gasteiger partial charge on any atom is -0.352 e. The molecule has 0 aromatic heterocycles. The maximum Gasteiger partial charge on any atom is 0.264 e. The molecular weight excluding hydrogens is 605 g/mol. The molecule has 0 aliphatic heterocycles. The molecule has 7 nitrogen and oxygen atoms in total. The van der Waals surface area contributed by atoms with Crippen molar-refractivity contribution in [3.8, 4) is 0 Å². The number of carbonyl (C=O) groups is 2. The van der Waals surface area contributed by atoms with Gasteiger partial charge in [-0.1, -0.05) is 79.0 Å². The Balaban J connectivity index is 2.10. The zero-order chi connectivity index (χ0) is 30.3. The van der Waals surface area contributed by atoms with Gasteiger partial charge in [-0.25, -0.2) is 8.42 Å². The average molecular weight is 639 g/mol. The SMILES string of the molecule is CC[C@H](C)NC(=O)[C@H](CC)N(Cc1ccc(Cl)cc1Cl)C(=O)CN(c1ccc(C)c(Cl)c1)S(=O)(=O)c1ccccc1. The number of anilines is 1. The van der Waals surface area contributed by atoms with Gasteiger partial charge in [0.05, 0.1) is 10.6 Å². The number of hydrogen-bond donors (Lipinski definition) is 1. The van der Waals surface area contributed by atoms with Gasteiger partial charge in [-0.05, 0) is 74.2 Å². The summed E-state index contributed by atoms with van der Waals surface area (Å²) in [5.41, 5.74) is 1.54. The number of nitrogens with zero attached hydrogens (tertiary/aromatic N) is 2. The number of nitrogens with one attached hydrogen (secondary N) is 1. The van der Waals surface area contributed by atoms with Crippen LogP contribution >= 0.6 is 34.8 Å². The van der Waals surface area contributed by atoms with E-state index < -0.39 is 28.5 Å². The lowest BCUT2D eigenvalue weighted by Crippen LogP contribution is -2.53. The minimum atomic E-state index is -4.19. The summed E-state index contributed by atoms with van der Waals surface area (Å²) < 4.78 is 28.8. The maximum absolute atomic E-state index is 14.1. The molecule has 0 saturated heterocycles. The summed E-state index contributed by atoms with van der Waals surface area (Å²) in [7, 11) is -4.19. The smallest absolute Gasteiger partial charge is 0.264 e. The number of aryl methyl sites for hydroxylation is 1. The Morgan fingerprint density at radius 3 is 2.17 bits per heavy atom. The van der Waals surface area contributed by atoms with Crippen LogP contribution in [0.5, 0.6) is 0 Å². The molecule has 0 saturated carbocycles. The summed E-state index contributed by atoms with van der Waals surface area (Å²) >= 11 is 18.9. The number of rotatable bonds is 12. The largest absolute Gasteiger partial charge is 0.352 e. The van der Waals surface area contributed by atoms with Gasteiger partial charge in [-0.15, -0.1) is 0 Å². The third kappa shape index (κ3) is 8.16. The molecule has 3 aromatic carbocycles. The van der Waals surface area contributed by atoms with E-state index in [0.29, 0.717) is 33.5 Å². The Morgan fingerprint density at radius 2 is 1.59 bits per heavy atom. The average Bonchev–Trinajstić information content (AvgIpc) is 2.94. The zero-order valence-electron chi connectivity index (χ0n) is 23.4. The summed E-state index contributed by atoms with van der Waals surface area (Å²) in [6.45, 7) is 6.81. The number of hydrogen-bond acceptors (Lipinski definition) is 4. The van der Waals surface area contributed by atoms with Gasteiger partial charge in [0.2, 0.25) is 11.8 Å². The van der Waals surface area contributed by atoms with Crippen LogP contribution in [0.3, 0.4) is 0 Å². The fourth-order valence-electron chi connectivity index (χ4n) is 4.18. The van der Waals surface area contributed by atoms with Crippen molar-refractivity contribution in [2.24, 2.45) is 0 Å². The quantitative estimate of drug-likeness (QED) is 0.235. The lowest BCUT2D eigenvalue weighted by molar-refractivity contribution is -0.140. The van der Waals surface area contributed by atoms with Crippen molar-refractivity contribution in [3.05, 3.63) is 92.9 Å². The Hall–Kier alpha value is -2.78. The van der Waals surface area contributed by atoms with Crippen LogP contribution in [0.15, 0.2) is 71.6 Å². The first-order valence-corrected chi connectivity index (χ1v) is 15.8. The standard InChI is InChI=1S/C30H34Cl3N3O4S/c1-5-21(4)34-30(38)28(6-2)35(18-22-13-14-23(31)16-27(22)33)29(37)19-36(24-15-12-20(3)26(32)17-24)41(39,40)25-10-8-7-9-11-25/h7-17,21,28H,5-6,18-19H2,1-4H3,(H,34,38)/t21-,28-/m0/s1. The molecule has 0 heterocycles. The summed E-state index contributed by atoms with van der Waals surface area (Å²) in [4.78, 5) is 28.9. The Bertz CT molecular complexity index is 1490. The van der Waals surface area contributed by atoms with Crippen molar-refractivity contribution in [2.75, 3.05) is 10.8 Å². The van der Waals surface area contributed by atoms with E-state index in [2.05, 4.69) is 5.32 Å². The van der Waals surface area contributed by atoms with E-state index in [9.17, 15) is 18.0 Å². The lowest BCUT2D eigenvalue weighted by Gasteiger charge is -2.34. The third-order valence-corrected chi connectivity index (χ3v) is 9.58. The highest BCUT2D eigenvalue weighted by Gasteiger charge is 2.34. The lowest BCUT2D eigenvalue weighted by atomic mass is 10.1. The molecule has 220 valence electrons. The first-order valence-electron chi connectivity index (χ1n) is 13.3. The van der Waals surface area contributed by atoms with E-state index in [1.807, 2.05) is 13.8 Å². The highest BCUT2D eigenvalue weighted by molar-refractivity contribution is 7.92. The van der Waals surface area contributed by atoms with Crippen LogP contribution in [-0.4, -0.2) is 43.8 Å². The first-order chi connectivity index (χ1) is 19.4. The predicted octanol–water partition coefficient (Wildman–Crippen LogP) is 6.87. The van der Waals surface area contributed by atoms with Crippen molar-refractivity contribution in [1.29, 1.82) is 0 Å². The number of carbonyl (C=O) groups excluding carboxylic acids is 2. The maximum atomic E-state index is 14.1. The van der Waals surface area contributed by atoms with Crippen molar-refractivity contribution in [2.45, 2.75) is 64.1 Å². The summed E-state index contributed by atoms with van der Waals surface area (Å²) in [6.07, 6.45) is 0.997. The molecule has 0 fully saturated rings. The topological polar surface area (TPSA) is 86.8 Å². The van der Waals surface area contributed by atoms with Crippen LogP contribution in [-0.2, 0) is 26.2 Å². The van der Waals surface area contributed by atoms with Crippen LogP contribution in [0, 0.1) is 6.92 Å². The second kappa shape index (κ2) is 14.4. The van der Waals surface area contributed by atoms with Crippen LogP contribution in [0.4, 0.5) is 5.69 Å². The molecule has 1 N–H and O–H groups in total. The molecule has 11 heteroatoms. The molecule has 0 aliphatic carbocycles. The second-order valence-corrected chi connectivity index (χ2v) is 12.9. The number of benzene rings is 3. The Labute approximate surface area is 257 Å². The van der Waals surface area contributed by atoms with Gasteiger partial charge in [-0.2, -0.15) is 0 Å². The van der Waals surface area contributed by atoms with Crippen molar-refractivity contribution in [3.63, 3.8) is 0 Å². The van der Waals surface area contributed by atoms with Gasteiger partial charge in [0.25, 0.3) is 10.0 Å². The van der Waals surface area contributed by atoms with Gasteiger partial charge in [0, 0.05) is 27.7 Å². The van der Waals surface area contributed by atoms with Crippen molar-refractivity contribution >= 4 is 62.3 Å². The minimum absolute atomic E-state index is 0.0124. The molecule has 0 radical (unpaired) electrons. The van der Waals surface area contributed by atoms with Crippen molar-refractivity contribution < 1.29 is 18.0 Å². The first kappa shape index (κ1) is 32.7. The van der Waals surface area contributed by atoms with E-state index in [4.69, 9.17) is 34.8 Å². The number of sulfonamides is 1. The summed E-state index contributed by atoms with van der Waals surface area (Å²) in [5, 5.41) is 4.05. The van der Waals surface area contributed by atoms with Crippen LogP contribution in [0.1, 0.15) is 44.7 Å². The van der Waals surface area contributed by atoms with Crippen LogP contribution in [0.2, 0.25) is 15.1 Å². The zero-order valence-corrected chi connectivity index (χ0v) is 26.5. The second-order valence-electron chi connectivity index (χ2n) is 9.76. The van der Waals surface area contributed by atoms with Gasteiger partial charge in [0.1, 0.15) is 12.6 Å². The Morgan fingerprint density at radius 1 is 0.902 bits per heavy atom. The molecule has 2 amide bonds.